The van der Waals surface area contributed by atoms with Crippen LogP contribution in [0.15, 0.2) is 23.3 Å². The van der Waals surface area contributed by atoms with E-state index in [0.29, 0.717) is 18.4 Å². The van der Waals surface area contributed by atoms with Gasteiger partial charge in [0.25, 0.3) is 0 Å². The molecule has 6 heteroatoms. The van der Waals surface area contributed by atoms with Gasteiger partial charge >= 0.3 is 12.1 Å². The van der Waals surface area contributed by atoms with Gasteiger partial charge in [-0.25, -0.2) is 0 Å². The summed E-state index contributed by atoms with van der Waals surface area (Å²) in [6.45, 7) is 5.47. The fourth-order valence-corrected chi connectivity index (χ4v) is 1.02. The van der Waals surface area contributed by atoms with Crippen LogP contribution in [0.25, 0.3) is 5.57 Å². The highest BCUT2D eigenvalue weighted by Crippen LogP contribution is 2.28. The molecule has 0 fully saturated rings. The third-order valence-corrected chi connectivity index (χ3v) is 1.83. The Balaban J connectivity index is 2.67. The summed E-state index contributed by atoms with van der Waals surface area (Å²) in [5.74, 6) is -1.42. The number of halogens is 3. The van der Waals surface area contributed by atoms with E-state index in [2.05, 4.69) is 21.2 Å². The van der Waals surface area contributed by atoms with E-state index in [1.165, 1.54) is 0 Å². The van der Waals surface area contributed by atoms with Crippen LogP contribution >= 0.6 is 0 Å². The molecule has 0 aromatic carbocycles. The van der Waals surface area contributed by atoms with Crippen molar-refractivity contribution in [2.75, 3.05) is 0 Å². The first-order valence-corrected chi connectivity index (χ1v) is 4.65. The standard InChI is InChI=1S/C10H11F3N2O/c1-3-4-5-6-7(2)8-14-9(16-15-8)10(11,12)13/h3-4H,2,5-6H2,1H3/b4-3-. The van der Waals surface area contributed by atoms with Gasteiger partial charge < -0.3 is 4.52 Å². The summed E-state index contributed by atoms with van der Waals surface area (Å²) in [7, 11) is 0. The van der Waals surface area contributed by atoms with Crippen LogP contribution in [0.1, 0.15) is 31.5 Å². The number of aromatic nitrogens is 2. The average Bonchev–Trinajstić information content (AvgIpc) is 2.66. The fraction of sp³-hybridized carbons (Fsp3) is 0.400. The molecule has 0 amide bonds. The summed E-state index contributed by atoms with van der Waals surface area (Å²) in [6.07, 6.45) is 0.321. The van der Waals surface area contributed by atoms with E-state index >= 15 is 0 Å². The van der Waals surface area contributed by atoms with E-state index in [-0.39, 0.29) is 5.82 Å². The van der Waals surface area contributed by atoms with Crippen molar-refractivity contribution >= 4 is 5.57 Å². The Bertz CT molecular complexity index is 393. The van der Waals surface area contributed by atoms with Crippen molar-refractivity contribution in [2.45, 2.75) is 25.9 Å². The van der Waals surface area contributed by atoms with Gasteiger partial charge in [-0.15, -0.1) is 0 Å². The highest BCUT2D eigenvalue weighted by molar-refractivity contribution is 5.56. The average molecular weight is 232 g/mol. The van der Waals surface area contributed by atoms with Crippen LogP contribution in [-0.4, -0.2) is 10.1 Å². The first-order chi connectivity index (χ1) is 7.45. The molecule has 0 N–H and O–H groups in total. The van der Waals surface area contributed by atoms with Gasteiger partial charge in [0.1, 0.15) is 0 Å². The summed E-state index contributed by atoms with van der Waals surface area (Å²) in [5, 5.41) is 3.23. The number of allylic oxidation sites excluding steroid dienone is 3. The molecule has 3 nitrogen and oxygen atoms in total. The molecule has 88 valence electrons. The summed E-state index contributed by atoms with van der Waals surface area (Å²) in [5.41, 5.74) is 0.428. The molecule has 1 aromatic heterocycles. The summed E-state index contributed by atoms with van der Waals surface area (Å²) >= 11 is 0. The van der Waals surface area contributed by atoms with Crippen molar-refractivity contribution in [3.8, 4) is 0 Å². The van der Waals surface area contributed by atoms with Crippen molar-refractivity contribution in [2.24, 2.45) is 0 Å². The minimum Gasteiger partial charge on any atom is -0.329 e. The van der Waals surface area contributed by atoms with Gasteiger partial charge in [0, 0.05) is 0 Å². The maximum absolute atomic E-state index is 12.1. The molecule has 1 heterocycles. The number of nitrogens with zero attached hydrogens (tertiary/aromatic N) is 2. The minimum atomic E-state index is -4.60. The molecule has 0 atom stereocenters. The fourth-order valence-electron chi connectivity index (χ4n) is 1.02. The number of hydrogen-bond acceptors (Lipinski definition) is 3. The Morgan fingerprint density at radius 3 is 2.69 bits per heavy atom. The molecule has 16 heavy (non-hydrogen) atoms. The zero-order chi connectivity index (χ0) is 12.2. The van der Waals surface area contributed by atoms with Gasteiger partial charge in [-0.3, -0.25) is 0 Å². The zero-order valence-electron chi connectivity index (χ0n) is 8.71. The smallest absolute Gasteiger partial charge is 0.329 e. The van der Waals surface area contributed by atoms with Crippen LogP contribution in [0.2, 0.25) is 0 Å². The van der Waals surface area contributed by atoms with E-state index in [1.807, 2.05) is 19.1 Å². The molecule has 0 saturated heterocycles. The molecule has 0 bridgehead atoms. The predicted molar refractivity (Wildman–Crippen MR) is 52.4 cm³/mol. The van der Waals surface area contributed by atoms with Gasteiger partial charge in [-0.2, -0.15) is 18.2 Å². The van der Waals surface area contributed by atoms with Crippen LogP contribution in [0.4, 0.5) is 13.2 Å². The topological polar surface area (TPSA) is 38.9 Å². The quantitative estimate of drug-likeness (QED) is 0.746. The second-order valence-corrected chi connectivity index (χ2v) is 3.13. The third-order valence-electron chi connectivity index (χ3n) is 1.83. The Hall–Kier alpha value is -1.59. The largest absolute Gasteiger partial charge is 0.471 e. The molecule has 0 aliphatic heterocycles. The first-order valence-electron chi connectivity index (χ1n) is 4.65. The summed E-state index contributed by atoms with van der Waals surface area (Å²) in [4.78, 5) is 3.23. The van der Waals surface area contributed by atoms with Gasteiger partial charge in [0.15, 0.2) is 5.82 Å². The van der Waals surface area contributed by atoms with Crippen molar-refractivity contribution < 1.29 is 17.7 Å². The molecular weight excluding hydrogens is 221 g/mol. The zero-order valence-corrected chi connectivity index (χ0v) is 8.71. The lowest BCUT2D eigenvalue weighted by atomic mass is 10.1. The van der Waals surface area contributed by atoms with Crippen LogP contribution in [-0.2, 0) is 6.18 Å². The second kappa shape index (κ2) is 4.96. The normalized spacial score (nSPS) is 12.2. The van der Waals surface area contributed by atoms with E-state index in [1.54, 1.807) is 0 Å². The van der Waals surface area contributed by atoms with E-state index in [9.17, 15) is 13.2 Å². The van der Waals surface area contributed by atoms with Crippen molar-refractivity contribution in [1.82, 2.24) is 10.1 Å². The lowest BCUT2D eigenvalue weighted by molar-refractivity contribution is -0.159. The van der Waals surface area contributed by atoms with Crippen molar-refractivity contribution in [3.05, 3.63) is 30.4 Å². The molecule has 0 spiro atoms. The molecule has 0 aliphatic carbocycles. The van der Waals surface area contributed by atoms with Crippen LogP contribution in [0.5, 0.6) is 0 Å². The lowest BCUT2D eigenvalue weighted by Gasteiger charge is -1.97. The molecule has 0 unspecified atom stereocenters. The van der Waals surface area contributed by atoms with Gasteiger partial charge in [0.05, 0.1) is 0 Å². The molecule has 1 rings (SSSR count). The summed E-state index contributed by atoms with van der Waals surface area (Å²) < 4.78 is 40.5. The Labute approximate surface area is 90.7 Å². The summed E-state index contributed by atoms with van der Waals surface area (Å²) in [6, 6.07) is 0. The minimum absolute atomic E-state index is 0.0863. The van der Waals surface area contributed by atoms with E-state index < -0.39 is 12.1 Å². The third kappa shape index (κ3) is 3.22. The van der Waals surface area contributed by atoms with Crippen molar-refractivity contribution in [3.63, 3.8) is 0 Å². The Kier molecular flexibility index (Phi) is 3.87. The maximum atomic E-state index is 12.1. The highest BCUT2D eigenvalue weighted by atomic mass is 19.4. The molecule has 0 radical (unpaired) electrons. The molecule has 0 saturated carbocycles. The highest BCUT2D eigenvalue weighted by Gasteiger charge is 2.38. The van der Waals surface area contributed by atoms with Crippen LogP contribution < -0.4 is 0 Å². The number of hydrogen-bond donors (Lipinski definition) is 0. The molecule has 0 aliphatic rings. The number of rotatable bonds is 4. The lowest BCUT2D eigenvalue weighted by Crippen LogP contribution is -2.05. The second-order valence-electron chi connectivity index (χ2n) is 3.13. The SMILES string of the molecule is C=C(CC/C=C\C)c1noc(C(F)(F)F)n1. The van der Waals surface area contributed by atoms with E-state index in [4.69, 9.17) is 0 Å². The Morgan fingerprint density at radius 2 is 2.19 bits per heavy atom. The first kappa shape index (κ1) is 12.5. The van der Waals surface area contributed by atoms with Crippen molar-refractivity contribution in [1.29, 1.82) is 0 Å². The Morgan fingerprint density at radius 1 is 1.50 bits per heavy atom. The molecule has 1 aromatic rings. The van der Waals surface area contributed by atoms with E-state index in [0.717, 1.165) is 0 Å². The predicted octanol–water partition coefficient (Wildman–Crippen LogP) is 3.46. The molecular formula is C10H11F3N2O. The van der Waals surface area contributed by atoms with Crippen LogP contribution in [0, 0.1) is 0 Å². The number of alkyl halides is 3. The van der Waals surface area contributed by atoms with Gasteiger partial charge in [0.2, 0.25) is 0 Å². The van der Waals surface area contributed by atoms with Gasteiger partial charge in [-0.1, -0.05) is 23.9 Å². The van der Waals surface area contributed by atoms with Crippen LogP contribution in [0.3, 0.4) is 0 Å². The van der Waals surface area contributed by atoms with Gasteiger partial charge in [-0.05, 0) is 25.3 Å². The monoisotopic (exact) mass is 232 g/mol. The maximum Gasteiger partial charge on any atom is 0.471 e.